The molecular weight excluding hydrogens is 176 g/mol. The third-order valence-corrected chi connectivity index (χ3v) is 1.78. The van der Waals surface area contributed by atoms with Gasteiger partial charge in [-0.1, -0.05) is 18.6 Å². The highest BCUT2D eigenvalue weighted by Crippen LogP contribution is 2.07. The number of rotatable bonds is 3. The normalized spacial score (nSPS) is 11.9. The second kappa shape index (κ2) is 4.65. The van der Waals surface area contributed by atoms with Gasteiger partial charge in [0.2, 0.25) is 5.78 Å². The number of allylic oxidation sites excluding steroid dienone is 2. The fourth-order valence-electron chi connectivity index (χ4n) is 1.21. The summed E-state index contributed by atoms with van der Waals surface area (Å²) in [5.74, 6) is 0.103. The number of hydrogen-bond acceptors (Lipinski definition) is 3. The summed E-state index contributed by atoms with van der Waals surface area (Å²) in [5, 5.41) is 0. The van der Waals surface area contributed by atoms with E-state index in [4.69, 9.17) is 0 Å². The number of ketones is 1. The van der Waals surface area contributed by atoms with Gasteiger partial charge in [0.05, 0.1) is 0 Å². The van der Waals surface area contributed by atoms with Crippen LogP contribution in [0, 0.1) is 5.92 Å². The molecule has 0 aromatic carbocycles. The number of carbonyl (C=O) groups excluding carboxylic acids is 1. The zero-order valence-electron chi connectivity index (χ0n) is 8.69. The Bertz CT molecular complexity index is 340. The van der Waals surface area contributed by atoms with Crippen molar-refractivity contribution in [2.75, 3.05) is 0 Å². The molecule has 0 spiro atoms. The van der Waals surface area contributed by atoms with Crippen LogP contribution in [0.4, 0.5) is 0 Å². The molecule has 1 atom stereocenters. The minimum atomic E-state index is -0.151. The number of Topliss-reactive ketones (excluding diaryl/α,β-unsaturated/α-hetero) is 1. The van der Waals surface area contributed by atoms with Crippen molar-refractivity contribution in [1.82, 2.24) is 9.97 Å². The Hall–Kier alpha value is -1.51. The Kier molecular flexibility index (Phi) is 3.51. The van der Waals surface area contributed by atoms with Gasteiger partial charge in [-0.05, 0) is 19.9 Å². The van der Waals surface area contributed by atoms with Crippen molar-refractivity contribution >= 4 is 5.78 Å². The SMILES string of the molecule is CC(C)=C[C@H](C)C(=O)c1ncccn1. The highest BCUT2D eigenvalue weighted by atomic mass is 16.1. The largest absolute Gasteiger partial charge is 0.290 e. The minimum Gasteiger partial charge on any atom is -0.290 e. The predicted molar refractivity (Wildman–Crippen MR) is 55.0 cm³/mol. The standard InChI is InChI=1S/C11H14N2O/c1-8(2)7-9(3)10(14)11-12-5-4-6-13-11/h4-7,9H,1-3H3/t9-/m0/s1. The van der Waals surface area contributed by atoms with Crippen molar-refractivity contribution in [2.45, 2.75) is 20.8 Å². The summed E-state index contributed by atoms with van der Waals surface area (Å²) >= 11 is 0. The van der Waals surface area contributed by atoms with Crippen molar-refractivity contribution < 1.29 is 4.79 Å². The molecule has 0 aliphatic heterocycles. The van der Waals surface area contributed by atoms with Crippen LogP contribution in [-0.4, -0.2) is 15.8 Å². The van der Waals surface area contributed by atoms with Crippen LogP contribution in [-0.2, 0) is 0 Å². The molecule has 0 amide bonds. The lowest BCUT2D eigenvalue weighted by Gasteiger charge is -2.03. The fourth-order valence-corrected chi connectivity index (χ4v) is 1.21. The van der Waals surface area contributed by atoms with Crippen LogP contribution < -0.4 is 0 Å². The molecule has 0 radical (unpaired) electrons. The van der Waals surface area contributed by atoms with Gasteiger partial charge in [-0.3, -0.25) is 4.79 Å². The average molecular weight is 190 g/mol. The maximum absolute atomic E-state index is 11.7. The first kappa shape index (κ1) is 10.6. The molecule has 0 N–H and O–H groups in total. The van der Waals surface area contributed by atoms with Crippen LogP contribution in [0.5, 0.6) is 0 Å². The Labute approximate surface area is 83.9 Å². The molecule has 1 rings (SSSR count). The number of aromatic nitrogens is 2. The lowest BCUT2D eigenvalue weighted by atomic mass is 10.0. The fraction of sp³-hybridized carbons (Fsp3) is 0.364. The second-order valence-electron chi connectivity index (χ2n) is 3.47. The highest BCUT2D eigenvalue weighted by molar-refractivity contribution is 5.95. The summed E-state index contributed by atoms with van der Waals surface area (Å²) in [6, 6.07) is 1.70. The molecule has 3 nitrogen and oxygen atoms in total. The van der Waals surface area contributed by atoms with Crippen LogP contribution in [0.3, 0.4) is 0 Å². The first-order valence-corrected chi connectivity index (χ1v) is 4.57. The van der Waals surface area contributed by atoms with Crippen molar-refractivity contribution in [3.63, 3.8) is 0 Å². The summed E-state index contributed by atoms with van der Waals surface area (Å²) < 4.78 is 0. The van der Waals surface area contributed by atoms with Gasteiger partial charge in [0.15, 0.2) is 5.82 Å². The predicted octanol–water partition coefficient (Wildman–Crippen LogP) is 2.26. The number of hydrogen-bond donors (Lipinski definition) is 0. The molecule has 0 aliphatic rings. The van der Waals surface area contributed by atoms with Gasteiger partial charge in [-0.25, -0.2) is 9.97 Å². The van der Waals surface area contributed by atoms with Gasteiger partial charge in [0, 0.05) is 18.3 Å². The summed E-state index contributed by atoms with van der Waals surface area (Å²) in [4.78, 5) is 19.5. The highest BCUT2D eigenvalue weighted by Gasteiger charge is 2.14. The van der Waals surface area contributed by atoms with Gasteiger partial charge in [0.1, 0.15) is 0 Å². The van der Waals surface area contributed by atoms with E-state index < -0.39 is 0 Å². The van der Waals surface area contributed by atoms with Crippen LogP contribution in [0.2, 0.25) is 0 Å². The lowest BCUT2D eigenvalue weighted by Crippen LogP contribution is -2.12. The molecule has 0 unspecified atom stereocenters. The van der Waals surface area contributed by atoms with E-state index in [1.54, 1.807) is 18.5 Å². The molecule has 1 aromatic rings. The van der Waals surface area contributed by atoms with Crippen LogP contribution in [0.25, 0.3) is 0 Å². The lowest BCUT2D eigenvalue weighted by molar-refractivity contribution is 0.0942. The number of carbonyl (C=O) groups is 1. The molecule has 0 fully saturated rings. The van der Waals surface area contributed by atoms with E-state index in [9.17, 15) is 4.79 Å². The van der Waals surface area contributed by atoms with Gasteiger partial charge >= 0.3 is 0 Å². The van der Waals surface area contributed by atoms with Crippen LogP contribution >= 0.6 is 0 Å². The Morgan fingerprint density at radius 2 is 1.93 bits per heavy atom. The molecule has 14 heavy (non-hydrogen) atoms. The van der Waals surface area contributed by atoms with Crippen LogP contribution in [0.15, 0.2) is 30.1 Å². The molecule has 1 aromatic heterocycles. The molecule has 0 saturated heterocycles. The first-order chi connectivity index (χ1) is 6.61. The van der Waals surface area contributed by atoms with Crippen LogP contribution in [0.1, 0.15) is 31.4 Å². The van der Waals surface area contributed by atoms with Crippen molar-refractivity contribution in [3.05, 3.63) is 35.9 Å². The molecule has 3 heteroatoms. The van der Waals surface area contributed by atoms with E-state index in [1.165, 1.54) is 0 Å². The van der Waals surface area contributed by atoms with E-state index in [2.05, 4.69) is 9.97 Å². The summed E-state index contributed by atoms with van der Waals surface area (Å²) in [6.07, 6.45) is 5.07. The third kappa shape index (κ3) is 2.76. The van der Waals surface area contributed by atoms with Crippen molar-refractivity contribution in [2.24, 2.45) is 5.92 Å². The molecular formula is C11H14N2O. The van der Waals surface area contributed by atoms with E-state index in [-0.39, 0.29) is 17.5 Å². The van der Waals surface area contributed by atoms with E-state index in [0.717, 1.165) is 5.57 Å². The quantitative estimate of drug-likeness (QED) is 0.542. The smallest absolute Gasteiger partial charge is 0.206 e. The third-order valence-electron chi connectivity index (χ3n) is 1.78. The molecule has 1 heterocycles. The molecule has 0 bridgehead atoms. The Morgan fingerprint density at radius 3 is 2.43 bits per heavy atom. The number of nitrogens with zero attached hydrogens (tertiary/aromatic N) is 2. The zero-order valence-corrected chi connectivity index (χ0v) is 8.69. The van der Waals surface area contributed by atoms with E-state index in [1.807, 2.05) is 26.8 Å². The van der Waals surface area contributed by atoms with Crippen molar-refractivity contribution in [3.8, 4) is 0 Å². The molecule has 74 valence electrons. The summed E-state index contributed by atoms with van der Waals surface area (Å²) in [7, 11) is 0. The topological polar surface area (TPSA) is 42.9 Å². The minimum absolute atomic E-state index is 0.0354. The van der Waals surface area contributed by atoms with Crippen molar-refractivity contribution in [1.29, 1.82) is 0 Å². The Morgan fingerprint density at radius 1 is 1.36 bits per heavy atom. The molecule has 0 saturated carbocycles. The summed E-state index contributed by atoms with van der Waals surface area (Å²) in [5.41, 5.74) is 1.13. The Balaban J connectivity index is 2.82. The summed E-state index contributed by atoms with van der Waals surface area (Å²) in [6.45, 7) is 5.79. The van der Waals surface area contributed by atoms with Gasteiger partial charge in [-0.15, -0.1) is 0 Å². The molecule has 0 aliphatic carbocycles. The first-order valence-electron chi connectivity index (χ1n) is 4.57. The van der Waals surface area contributed by atoms with E-state index >= 15 is 0 Å². The van der Waals surface area contributed by atoms with E-state index in [0.29, 0.717) is 0 Å². The maximum atomic E-state index is 11.7. The van der Waals surface area contributed by atoms with Gasteiger partial charge in [-0.2, -0.15) is 0 Å². The zero-order chi connectivity index (χ0) is 10.6. The maximum Gasteiger partial charge on any atom is 0.206 e. The van der Waals surface area contributed by atoms with Gasteiger partial charge < -0.3 is 0 Å². The second-order valence-corrected chi connectivity index (χ2v) is 3.47. The average Bonchev–Trinajstić information content (AvgIpc) is 2.17. The monoisotopic (exact) mass is 190 g/mol. The van der Waals surface area contributed by atoms with Gasteiger partial charge in [0.25, 0.3) is 0 Å².